The van der Waals surface area contributed by atoms with E-state index in [1.54, 1.807) is 0 Å². The van der Waals surface area contributed by atoms with Crippen LogP contribution < -0.4 is 5.73 Å². The van der Waals surface area contributed by atoms with Gasteiger partial charge in [-0.05, 0) is 31.5 Å². The van der Waals surface area contributed by atoms with Gasteiger partial charge < -0.3 is 5.73 Å². The fourth-order valence-corrected chi connectivity index (χ4v) is 3.17. The minimum atomic E-state index is 0.123. The van der Waals surface area contributed by atoms with Crippen LogP contribution in [0.5, 0.6) is 0 Å². The van der Waals surface area contributed by atoms with Gasteiger partial charge in [-0.3, -0.25) is 0 Å². The molecule has 2 aromatic carbocycles. The fraction of sp³-hybridized carbons (Fsp3) is 0.250. The zero-order chi connectivity index (χ0) is 13.0. The van der Waals surface area contributed by atoms with Gasteiger partial charge in [0.1, 0.15) is 0 Å². The summed E-state index contributed by atoms with van der Waals surface area (Å²) in [5.41, 5.74) is 8.71. The molecule has 2 heteroatoms. The Hall–Kier alpha value is -1.25. The number of aryl methyl sites for hydroxylation is 1. The number of rotatable bonds is 4. The van der Waals surface area contributed by atoms with Crippen LogP contribution >= 0.6 is 11.8 Å². The third-order valence-electron chi connectivity index (χ3n) is 2.86. The van der Waals surface area contributed by atoms with E-state index in [1.165, 1.54) is 16.0 Å². The minimum Gasteiger partial charge on any atom is -0.327 e. The topological polar surface area (TPSA) is 26.0 Å². The van der Waals surface area contributed by atoms with E-state index in [0.717, 1.165) is 0 Å². The third-order valence-corrected chi connectivity index (χ3v) is 4.34. The molecule has 0 aliphatic rings. The highest BCUT2D eigenvalue weighted by Crippen LogP contribution is 2.37. The number of hydrogen-bond donors (Lipinski definition) is 1. The summed E-state index contributed by atoms with van der Waals surface area (Å²) >= 11 is 1.84. The van der Waals surface area contributed by atoms with Crippen LogP contribution in [0.4, 0.5) is 0 Å². The van der Waals surface area contributed by atoms with E-state index < -0.39 is 0 Å². The van der Waals surface area contributed by atoms with Gasteiger partial charge in [-0.25, -0.2) is 0 Å². The first-order valence-corrected chi connectivity index (χ1v) is 7.08. The molecule has 0 radical (unpaired) electrons. The molecule has 2 rings (SSSR count). The van der Waals surface area contributed by atoms with E-state index in [4.69, 9.17) is 5.73 Å². The van der Waals surface area contributed by atoms with E-state index in [2.05, 4.69) is 62.4 Å². The van der Waals surface area contributed by atoms with Gasteiger partial charge in [-0.1, -0.05) is 48.0 Å². The highest BCUT2D eigenvalue weighted by molar-refractivity contribution is 7.99. The summed E-state index contributed by atoms with van der Waals surface area (Å²) < 4.78 is 0. The second-order valence-corrected chi connectivity index (χ2v) is 5.84. The monoisotopic (exact) mass is 257 g/mol. The Bertz CT molecular complexity index is 493. The van der Waals surface area contributed by atoms with Gasteiger partial charge in [-0.2, -0.15) is 0 Å². The predicted molar refractivity (Wildman–Crippen MR) is 79.9 cm³/mol. The Morgan fingerprint density at radius 3 is 2.33 bits per heavy atom. The SMILES string of the molecule is Cc1cccc(SC(c2ccccc2)C(C)N)c1. The largest absolute Gasteiger partial charge is 0.327 e. The molecule has 18 heavy (non-hydrogen) atoms. The van der Waals surface area contributed by atoms with Crippen LogP contribution in [0.3, 0.4) is 0 Å². The van der Waals surface area contributed by atoms with Crippen LogP contribution in [0.2, 0.25) is 0 Å². The molecule has 0 amide bonds. The lowest BCUT2D eigenvalue weighted by Gasteiger charge is -2.21. The minimum absolute atomic E-state index is 0.123. The molecule has 2 atom stereocenters. The van der Waals surface area contributed by atoms with Crippen LogP contribution in [-0.2, 0) is 0 Å². The molecule has 0 spiro atoms. The molecule has 1 nitrogen and oxygen atoms in total. The average Bonchev–Trinajstić information content (AvgIpc) is 2.37. The second kappa shape index (κ2) is 6.07. The third kappa shape index (κ3) is 3.37. The molecule has 94 valence electrons. The molecule has 0 aliphatic carbocycles. The average molecular weight is 257 g/mol. The summed E-state index contributed by atoms with van der Waals surface area (Å²) in [7, 11) is 0. The Morgan fingerprint density at radius 2 is 1.72 bits per heavy atom. The first-order chi connectivity index (χ1) is 8.66. The van der Waals surface area contributed by atoms with Crippen LogP contribution in [0.1, 0.15) is 23.3 Å². The summed E-state index contributed by atoms with van der Waals surface area (Å²) in [6.45, 7) is 4.19. The first kappa shape index (κ1) is 13.2. The summed E-state index contributed by atoms with van der Waals surface area (Å²) in [6, 6.07) is 19.2. The highest BCUT2D eigenvalue weighted by Gasteiger charge is 2.17. The molecule has 0 saturated heterocycles. The smallest absolute Gasteiger partial charge is 0.0492 e. The molecule has 0 aromatic heterocycles. The van der Waals surface area contributed by atoms with Crippen LogP contribution in [-0.4, -0.2) is 6.04 Å². The van der Waals surface area contributed by atoms with Crippen molar-refractivity contribution in [2.75, 3.05) is 0 Å². The van der Waals surface area contributed by atoms with E-state index >= 15 is 0 Å². The van der Waals surface area contributed by atoms with E-state index in [0.29, 0.717) is 5.25 Å². The van der Waals surface area contributed by atoms with Gasteiger partial charge in [0.15, 0.2) is 0 Å². The Morgan fingerprint density at radius 1 is 1.00 bits per heavy atom. The summed E-state index contributed by atoms with van der Waals surface area (Å²) in [5, 5.41) is 0.299. The van der Waals surface area contributed by atoms with Gasteiger partial charge in [0.2, 0.25) is 0 Å². The van der Waals surface area contributed by atoms with Crippen molar-refractivity contribution < 1.29 is 0 Å². The molecule has 2 unspecified atom stereocenters. The predicted octanol–water partition coefficient (Wildman–Crippen LogP) is 4.18. The fourth-order valence-electron chi connectivity index (χ4n) is 1.96. The van der Waals surface area contributed by atoms with Gasteiger partial charge in [0, 0.05) is 16.2 Å². The van der Waals surface area contributed by atoms with Gasteiger partial charge in [0.25, 0.3) is 0 Å². The van der Waals surface area contributed by atoms with E-state index in [9.17, 15) is 0 Å². The maximum absolute atomic E-state index is 6.13. The van der Waals surface area contributed by atoms with Crippen molar-refractivity contribution in [1.82, 2.24) is 0 Å². The van der Waals surface area contributed by atoms with Crippen molar-refractivity contribution in [1.29, 1.82) is 0 Å². The molecular weight excluding hydrogens is 238 g/mol. The van der Waals surface area contributed by atoms with Gasteiger partial charge in [-0.15, -0.1) is 11.8 Å². The van der Waals surface area contributed by atoms with Gasteiger partial charge in [0.05, 0.1) is 0 Å². The Labute approximate surface area is 113 Å². The lowest BCUT2D eigenvalue weighted by Crippen LogP contribution is -2.22. The Balaban J connectivity index is 2.22. The quantitative estimate of drug-likeness (QED) is 0.832. The van der Waals surface area contributed by atoms with E-state index in [1.807, 2.05) is 17.8 Å². The lowest BCUT2D eigenvalue weighted by molar-refractivity contribution is 0.721. The van der Waals surface area contributed by atoms with Crippen molar-refractivity contribution >= 4 is 11.8 Å². The van der Waals surface area contributed by atoms with Crippen molar-refractivity contribution in [2.45, 2.75) is 30.0 Å². The highest BCUT2D eigenvalue weighted by atomic mass is 32.2. The second-order valence-electron chi connectivity index (χ2n) is 4.62. The van der Waals surface area contributed by atoms with Crippen LogP contribution in [0, 0.1) is 6.92 Å². The molecule has 0 saturated carbocycles. The maximum atomic E-state index is 6.13. The summed E-state index contributed by atoms with van der Waals surface area (Å²) in [6.07, 6.45) is 0. The maximum Gasteiger partial charge on any atom is 0.0492 e. The normalized spacial score (nSPS) is 14.2. The summed E-state index contributed by atoms with van der Waals surface area (Å²) in [4.78, 5) is 1.28. The van der Waals surface area contributed by atoms with Gasteiger partial charge >= 0.3 is 0 Å². The van der Waals surface area contributed by atoms with Crippen molar-refractivity contribution in [2.24, 2.45) is 5.73 Å². The zero-order valence-corrected chi connectivity index (χ0v) is 11.7. The number of nitrogens with two attached hydrogens (primary N) is 1. The number of thioether (sulfide) groups is 1. The lowest BCUT2D eigenvalue weighted by atomic mass is 10.1. The molecular formula is C16H19NS. The van der Waals surface area contributed by atoms with Crippen molar-refractivity contribution in [3.05, 3.63) is 65.7 Å². The first-order valence-electron chi connectivity index (χ1n) is 6.20. The molecule has 2 N–H and O–H groups in total. The van der Waals surface area contributed by atoms with E-state index in [-0.39, 0.29) is 6.04 Å². The van der Waals surface area contributed by atoms with Crippen LogP contribution in [0.15, 0.2) is 59.5 Å². The Kier molecular flexibility index (Phi) is 4.45. The number of hydrogen-bond acceptors (Lipinski definition) is 2. The molecule has 2 aromatic rings. The molecule has 0 aliphatic heterocycles. The molecule has 0 bridgehead atoms. The zero-order valence-electron chi connectivity index (χ0n) is 10.8. The van der Waals surface area contributed by atoms with Crippen molar-refractivity contribution in [3.63, 3.8) is 0 Å². The molecule has 0 fully saturated rings. The number of benzene rings is 2. The van der Waals surface area contributed by atoms with Crippen molar-refractivity contribution in [3.8, 4) is 0 Å². The molecule has 0 heterocycles. The van der Waals surface area contributed by atoms with Crippen LogP contribution in [0.25, 0.3) is 0 Å². The standard InChI is InChI=1S/C16H19NS/c1-12-7-6-10-15(11-12)18-16(13(2)17)14-8-4-3-5-9-14/h3-11,13,16H,17H2,1-2H3. The summed E-state index contributed by atoms with van der Waals surface area (Å²) in [5.74, 6) is 0.